The molecule has 0 bridgehead atoms. The first-order chi connectivity index (χ1) is 23.3. The Morgan fingerprint density at radius 2 is 1.00 bits per heavy atom. The van der Waals surface area contributed by atoms with Gasteiger partial charge in [0.1, 0.15) is 0 Å². The molecule has 0 saturated carbocycles. The number of hydrogen-bond acceptors (Lipinski definition) is 3. The van der Waals surface area contributed by atoms with Crippen molar-refractivity contribution in [3.05, 3.63) is 164 Å². The van der Waals surface area contributed by atoms with Crippen LogP contribution in [0.1, 0.15) is 0 Å². The molecule has 0 unspecified atom stereocenters. The van der Waals surface area contributed by atoms with Crippen LogP contribution in [-0.2, 0) is 0 Å². The molecule has 3 heteroatoms. The quantitative estimate of drug-likeness (QED) is 0.186. The van der Waals surface area contributed by atoms with E-state index in [0.717, 1.165) is 5.69 Å². The molecular weight excluding hydrogens is 607 g/mol. The predicted octanol–water partition coefficient (Wildman–Crippen LogP) is 13.9. The van der Waals surface area contributed by atoms with E-state index in [1.165, 1.54) is 84.4 Å². The van der Waals surface area contributed by atoms with Crippen molar-refractivity contribution in [1.82, 2.24) is 0 Å². The Morgan fingerprint density at radius 3 is 1.89 bits per heavy atom. The van der Waals surface area contributed by atoms with E-state index >= 15 is 0 Å². The van der Waals surface area contributed by atoms with Crippen molar-refractivity contribution >= 4 is 102 Å². The molecule has 2 heterocycles. The van der Waals surface area contributed by atoms with Crippen LogP contribution in [0.2, 0.25) is 0 Å². The van der Waals surface area contributed by atoms with Crippen LogP contribution >= 0.6 is 22.7 Å². The summed E-state index contributed by atoms with van der Waals surface area (Å²) >= 11 is 3.80. The van der Waals surface area contributed by atoms with Gasteiger partial charge in [-0.15, -0.1) is 22.7 Å². The first-order valence-electron chi connectivity index (χ1n) is 15.9. The molecule has 8 aromatic carbocycles. The van der Waals surface area contributed by atoms with Crippen LogP contribution in [0.3, 0.4) is 0 Å². The fourth-order valence-electron chi connectivity index (χ4n) is 7.29. The van der Waals surface area contributed by atoms with Gasteiger partial charge in [-0.3, -0.25) is 0 Å². The van der Waals surface area contributed by atoms with Crippen molar-refractivity contribution in [2.45, 2.75) is 0 Å². The summed E-state index contributed by atoms with van der Waals surface area (Å²) in [5, 5.41) is 10.3. The molecule has 0 fully saturated rings. The number of rotatable bonds is 4. The summed E-state index contributed by atoms with van der Waals surface area (Å²) < 4.78 is 5.35. The Labute approximate surface area is 280 Å². The molecule has 0 saturated heterocycles. The van der Waals surface area contributed by atoms with E-state index in [4.69, 9.17) is 0 Å². The zero-order chi connectivity index (χ0) is 30.9. The molecule has 0 aliphatic rings. The summed E-state index contributed by atoms with van der Waals surface area (Å²) in [6, 6.07) is 60.0. The number of anilines is 3. The molecule has 0 amide bonds. The van der Waals surface area contributed by atoms with Gasteiger partial charge in [0.15, 0.2) is 0 Å². The van der Waals surface area contributed by atoms with Gasteiger partial charge in [0.25, 0.3) is 0 Å². The Kier molecular flexibility index (Phi) is 5.98. The highest BCUT2D eigenvalue weighted by atomic mass is 32.1. The van der Waals surface area contributed by atoms with Crippen LogP contribution in [0, 0.1) is 0 Å². The van der Waals surface area contributed by atoms with Gasteiger partial charge in [0, 0.05) is 62.2 Å². The highest BCUT2D eigenvalue weighted by Gasteiger charge is 2.21. The highest BCUT2D eigenvalue weighted by molar-refractivity contribution is 7.27. The summed E-state index contributed by atoms with van der Waals surface area (Å²) in [5.41, 5.74) is 6.09. The lowest BCUT2D eigenvalue weighted by Gasteiger charge is -2.28. The molecule has 10 aromatic rings. The Bertz CT molecular complexity index is 2800. The zero-order valence-corrected chi connectivity index (χ0v) is 27.0. The maximum atomic E-state index is 2.45. The van der Waals surface area contributed by atoms with Crippen molar-refractivity contribution in [3.8, 4) is 11.1 Å². The van der Waals surface area contributed by atoms with E-state index in [1.54, 1.807) is 0 Å². The second-order valence-electron chi connectivity index (χ2n) is 12.1. The number of nitrogens with zero attached hydrogens (tertiary/aromatic N) is 1. The van der Waals surface area contributed by atoms with Crippen molar-refractivity contribution < 1.29 is 0 Å². The van der Waals surface area contributed by atoms with E-state index in [9.17, 15) is 0 Å². The molecule has 0 N–H and O–H groups in total. The minimum Gasteiger partial charge on any atom is -0.309 e. The Hall–Kier alpha value is -5.48. The number of fused-ring (bicyclic) bond motifs is 9. The standard InChI is InChI=1S/C44H27NS2/c1-2-14-30(15-3-1)45(39-22-10-13-28-12-4-5-16-31(28)39)40-27-38-35-25-24-29(26-42(35)47-44(38)36-19-7-6-17-33(36)40)32-20-11-21-37-34-18-8-9-23-41(34)46-43(32)37/h1-27H. The maximum Gasteiger partial charge on any atom is 0.0547 e. The van der Waals surface area contributed by atoms with Crippen molar-refractivity contribution in [1.29, 1.82) is 0 Å². The molecule has 0 radical (unpaired) electrons. The average molecular weight is 634 g/mol. The smallest absolute Gasteiger partial charge is 0.0547 e. The van der Waals surface area contributed by atoms with Gasteiger partial charge in [-0.2, -0.15) is 0 Å². The first-order valence-corrected chi connectivity index (χ1v) is 17.6. The van der Waals surface area contributed by atoms with Crippen LogP contribution < -0.4 is 4.90 Å². The minimum atomic E-state index is 1.15. The van der Waals surface area contributed by atoms with Gasteiger partial charge in [0.05, 0.1) is 11.4 Å². The molecule has 1 nitrogen and oxygen atoms in total. The Morgan fingerprint density at radius 1 is 0.362 bits per heavy atom. The summed E-state index contributed by atoms with van der Waals surface area (Å²) in [6.45, 7) is 0. The summed E-state index contributed by atoms with van der Waals surface area (Å²) in [7, 11) is 0. The Balaban J connectivity index is 1.23. The van der Waals surface area contributed by atoms with Gasteiger partial charge in [-0.1, -0.05) is 127 Å². The van der Waals surface area contributed by atoms with Gasteiger partial charge in [-0.05, 0) is 52.9 Å². The van der Waals surface area contributed by atoms with Crippen molar-refractivity contribution in [2.75, 3.05) is 4.90 Å². The second-order valence-corrected chi connectivity index (χ2v) is 14.2. The number of para-hydroxylation sites is 1. The fourth-order valence-corrected chi connectivity index (χ4v) is 9.79. The summed E-state index contributed by atoms with van der Waals surface area (Å²) in [4.78, 5) is 2.45. The van der Waals surface area contributed by atoms with Gasteiger partial charge in [-0.25, -0.2) is 0 Å². The van der Waals surface area contributed by atoms with E-state index < -0.39 is 0 Å². The third-order valence-electron chi connectivity index (χ3n) is 9.44. The van der Waals surface area contributed by atoms with Crippen molar-refractivity contribution in [2.24, 2.45) is 0 Å². The van der Waals surface area contributed by atoms with Crippen LogP contribution in [0.4, 0.5) is 17.1 Å². The molecule has 10 rings (SSSR count). The summed E-state index contributed by atoms with van der Waals surface area (Å²) in [5.74, 6) is 0. The minimum absolute atomic E-state index is 1.15. The van der Waals surface area contributed by atoms with Crippen molar-refractivity contribution in [3.63, 3.8) is 0 Å². The zero-order valence-electron chi connectivity index (χ0n) is 25.4. The molecule has 2 aromatic heterocycles. The molecule has 0 aliphatic heterocycles. The maximum absolute atomic E-state index is 2.45. The van der Waals surface area contributed by atoms with Crippen LogP contribution in [0.5, 0.6) is 0 Å². The van der Waals surface area contributed by atoms with Crippen LogP contribution in [-0.4, -0.2) is 0 Å². The SMILES string of the molecule is c1ccc(N(c2cccc3ccccc23)c2cc3c4ccc(-c5cccc6c5sc5ccccc56)cc4sc3c3ccccc23)cc1. The molecule has 0 atom stereocenters. The highest BCUT2D eigenvalue weighted by Crippen LogP contribution is 2.48. The summed E-state index contributed by atoms with van der Waals surface area (Å²) in [6.07, 6.45) is 0. The average Bonchev–Trinajstić information content (AvgIpc) is 3.71. The molecule has 0 spiro atoms. The predicted molar refractivity (Wildman–Crippen MR) is 207 cm³/mol. The monoisotopic (exact) mass is 633 g/mol. The van der Waals surface area contributed by atoms with E-state index in [1.807, 2.05) is 22.7 Å². The van der Waals surface area contributed by atoms with Crippen LogP contribution in [0.15, 0.2) is 164 Å². The van der Waals surface area contributed by atoms with E-state index in [-0.39, 0.29) is 0 Å². The van der Waals surface area contributed by atoms with Gasteiger partial charge < -0.3 is 4.90 Å². The van der Waals surface area contributed by atoms with E-state index in [2.05, 4.69) is 169 Å². The number of thiophene rings is 2. The lowest BCUT2D eigenvalue weighted by Crippen LogP contribution is -2.11. The first kappa shape index (κ1) is 26.7. The number of hydrogen-bond donors (Lipinski definition) is 0. The fraction of sp³-hybridized carbons (Fsp3) is 0. The molecule has 47 heavy (non-hydrogen) atoms. The van der Waals surface area contributed by atoms with E-state index in [0.29, 0.717) is 0 Å². The second kappa shape index (κ2) is 10.5. The largest absolute Gasteiger partial charge is 0.309 e. The molecule has 0 aliphatic carbocycles. The normalized spacial score (nSPS) is 11.8. The molecule has 220 valence electrons. The van der Waals surface area contributed by atoms with Gasteiger partial charge in [0.2, 0.25) is 0 Å². The third kappa shape index (κ3) is 4.14. The number of benzene rings is 8. The van der Waals surface area contributed by atoms with Gasteiger partial charge >= 0.3 is 0 Å². The van der Waals surface area contributed by atoms with Crippen LogP contribution in [0.25, 0.3) is 73.0 Å². The molecular formula is C44H27NS2. The lowest BCUT2D eigenvalue weighted by atomic mass is 9.99. The lowest BCUT2D eigenvalue weighted by molar-refractivity contribution is 1.32. The topological polar surface area (TPSA) is 3.24 Å². The third-order valence-corrected chi connectivity index (χ3v) is 11.9.